The number of aromatic amines is 1. The van der Waals surface area contributed by atoms with Gasteiger partial charge in [-0.15, -0.1) is 0 Å². The Kier molecular flexibility index (Phi) is 3.41. The van der Waals surface area contributed by atoms with Gasteiger partial charge < -0.3 is 4.74 Å². The van der Waals surface area contributed by atoms with Crippen LogP contribution in [-0.2, 0) is 0 Å². The molecule has 0 aliphatic rings. The van der Waals surface area contributed by atoms with Crippen LogP contribution in [0.4, 0.5) is 8.78 Å². The molecular formula is C8H6ClF2NO3. The zero-order valence-corrected chi connectivity index (χ0v) is 8.27. The molecule has 0 fully saturated rings. The average Bonchev–Trinajstić information content (AvgIpc) is 2.16. The predicted octanol–water partition coefficient (Wildman–Crippen LogP) is 1.70. The Labute approximate surface area is 87.8 Å². The highest BCUT2D eigenvalue weighted by atomic mass is 35.5. The second-order valence-corrected chi connectivity index (χ2v) is 2.92. The van der Waals surface area contributed by atoms with E-state index < -0.39 is 28.4 Å². The molecule has 1 rings (SSSR count). The van der Waals surface area contributed by atoms with E-state index >= 15 is 0 Å². The highest BCUT2D eigenvalue weighted by Crippen LogP contribution is 2.26. The van der Waals surface area contributed by atoms with E-state index in [1.54, 1.807) is 0 Å². The number of hydrogen-bond donors (Lipinski definition) is 1. The fraction of sp³-hybridized carbons (Fsp3) is 0.250. The third-order valence-electron chi connectivity index (χ3n) is 1.68. The number of carbonyl (C=O) groups is 1. The monoisotopic (exact) mass is 237 g/mol. The molecule has 7 heteroatoms. The maximum atomic E-state index is 12.4. The van der Waals surface area contributed by atoms with Crippen LogP contribution in [0.5, 0.6) is 5.88 Å². The van der Waals surface area contributed by atoms with Crippen LogP contribution in [0.25, 0.3) is 0 Å². The van der Waals surface area contributed by atoms with Crippen molar-refractivity contribution in [3.8, 4) is 5.88 Å². The minimum Gasteiger partial charge on any atom is -0.482 e. The van der Waals surface area contributed by atoms with Gasteiger partial charge in [0, 0.05) is 0 Å². The second-order valence-electron chi connectivity index (χ2n) is 2.58. The molecule has 0 radical (unpaired) electrons. The van der Waals surface area contributed by atoms with Crippen molar-refractivity contribution in [3.05, 3.63) is 27.5 Å². The molecule has 0 amide bonds. The number of H-pyrrole nitrogens is 1. The Hall–Kier alpha value is -1.43. The summed E-state index contributed by atoms with van der Waals surface area (Å²) >= 11 is 5.04. The molecule has 0 spiro atoms. The number of hydrogen-bond acceptors (Lipinski definition) is 3. The minimum atomic E-state index is -2.87. The molecule has 0 saturated carbocycles. The van der Waals surface area contributed by atoms with Crippen LogP contribution in [0.3, 0.4) is 0 Å². The lowest BCUT2D eigenvalue weighted by atomic mass is 10.2. The first kappa shape index (κ1) is 11.6. The van der Waals surface area contributed by atoms with E-state index in [2.05, 4.69) is 4.74 Å². The lowest BCUT2D eigenvalue weighted by Gasteiger charge is -2.07. The molecule has 1 aromatic heterocycles. The smallest absolute Gasteiger partial charge is 0.268 e. The minimum absolute atomic E-state index is 0.378. The quantitative estimate of drug-likeness (QED) is 0.814. The number of pyridine rings is 1. The van der Waals surface area contributed by atoms with E-state index in [1.165, 1.54) is 0 Å². The number of aromatic nitrogens is 1. The van der Waals surface area contributed by atoms with Crippen LogP contribution in [0.15, 0.2) is 10.9 Å². The van der Waals surface area contributed by atoms with Crippen LogP contribution in [0.2, 0.25) is 0 Å². The fourth-order valence-electron chi connectivity index (χ4n) is 1.01. The van der Waals surface area contributed by atoms with Crippen LogP contribution >= 0.6 is 11.6 Å². The number of nitrogens with one attached hydrogen (secondary N) is 1. The molecule has 1 heterocycles. The molecule has 1 aromatic rings. The van der Waals surface area contributed by atoms with Crippen molar-refractivity contribution in [1.29, 1.82) is 0 Å². The lowest BCUT2D eigenvalue weighted by molar-refractivity contribution is 0.107. The summed E-state index contributed by atoms with van der Waals surface area (Å²) in [6.45, 7) is 0. The number of methoxy groups -OCH3 is 1. The SMILES string of the molecule is COc1[nH]c(=O)c(C(=O)Cl)cc1C(F)F. The van der Waals surface area contributed by atoms with Crippen molar-refractivity contribution in [2.24, 2.45) is 0 Å². The van der Waals surface area contributed by atoms with Gasteiger partial charge in [-0.05, 0) is 17.7 Å². The third kappa shape index (κ3) is 2.33. The van der Waals surface area contributed by atoms with Crippen LogP contribution in [0, 0.1) is 0 Å². The Morgan fingerprint density at radius 2 is 2.20 bits per heavy atom. The van der Waals surface area contributed by atoms with E-state index in [4.69, 9.17) is 11.6 Å². The molecular weight excluding hydrogens is 232 g/mol. The average molecular weight is 238 g/mol. The summed E-state index contributed by atoms with van der Waals surface area (Å²) in [6.07, 6.45) is -2.87. The molecule has 0 saturated heterocycles. The van der Waals surface area contributed by atoms with E-state index in [0.29, 0.717) is 0 Å². The molecule has 82 valence electrons. The maximum absolute atomic E-state index is 12.4. The van der Waals surface area contributed by atoms with Gasteiger partial charge >= 0.3 is 0 Å². The van der Waals surface area contributed by atoms with E-state index in [0.717, 1.165) is 13.2 Å². The fourth-order valence-corrected chi connectivity index (χ4v) is 1.15. The molecule has 0 aliphatic carbocycles. The van der Waals surface area contributed by atoms with Gasteiger partial charge in [-0.25, -0.2) is 8.78 Å². The van der Waals surface area contributed by atoms with Crippen molar-refractivity contribution in [2.75, 3.05) is 7.11 Å². The summed E-state index contributed by atoms with van der Waals surface area (Å²) in [5, 5.41) is -1.10. The van der Waals surface area contributed by atoms with Gasteiger partial charge in [-0.2, -0.15) is 0 Å². The highest BCUT2D eigenvalue weighted by molar-refractivity contribution is 6.67. The van der Waals surface area contributed by atoms with Gasteiger partial charge in [-0.3, -0.25) is 14.6 Å². The Balaban J connectivity index is 3.44. The first-order valence-corrected chi connectivity index (χ1v) is 4.14. The molecule has 0 aliphatic heterocycles. The van der Waals surface area contributed by atoms with Gasteiger partial charge in [0.05, 0.1) is 18.2 Å². The van der Waals surface area contributed by atoms with Gasteiger partial charge in [0.2, 0.25) is 5.88 Å². The number of halogens is 3. The molecule has 15 heavy (non-hydrogen) atoms. The van der Waals surface area contributed by atoms with Gasteiger partial charge in [-0.1, -0.05) is 0 Å². The Bertz CT molecular complexity index is 444. The third-order valence-corrected chi connectivity index (χ3v) is 1.89. The van der Waals surface area contributed by atoms with Crippen molar-refractivity contribution >= 4 is 16.8 Å². The maximum Gasteiger partial charge on any atom is 0.268 e. The van der Waals surface area contributed by atoms with Crippen molar-refractivity contribution < 1.29 is 18.3 Å². The van der Waals surface area contributed by atoms with E-state index in [-0.39, 0.29) is 5.88 Å². The van der Waals surface area contributed by atoms with Gasteiger partial charge in [0.25, 0.3) is 17.2 Å². The Morgan fingerprint density at radius 1 is 1.60 bits per heavy atom. The standard InChI is InChI=1S/C8H6ClF2NO3/c1-15-8-4(6(10)11)2-3(5(9)13)7(14)12-8/h2,6H,1H3,(H,12,14). The van der Waals surface area contributed by atoms with Crippen LogP contribution < -0.4 is 10.3 Å². The number of ether oxygens (including phenoxy) is 1. The molecule has 0 atom stereocenters. The first-order valence-electron chi connectivity index (χ1n) is 3.76. The predicted molar refractivity (Wildman–Crippen MR) is 48.8 cm³/mol. The molecule has 0 unspecified atom stereocenters. The van der Waals surface area contributed by atoms with Crippen molar-refractivity contribution in [1.82, 2.24) is 4.98 Å². The molecule has 4 nitrogen and oxygen atoms in total. The summed E-state index contributed by atoms with van der Waals surface area (Å²) in [7, 11) is 1.12. The van der Waals surface area contributed by atoms with E-state index in [1.807, 2.05) is 4.98 Å². The summed E-state index contributed by atoms with van der Waals surface area (Å²) in [6, 6.07) is 0.720. The largest absolute Gasteiger partial charge is 0.482 e. The second kappa shape index (κ2) is 4.39. The zero-order valence-electron chi connectivity index (χ0n) is 7.51. The number of rotatable bonds is 3. The normalized spacial score (nSPS) is 10.5. The topological polar surface area (TPSA) is 59.2 Å². The molecule has 0 bridgehead atoms. The number of alkyl halides is 2. The lowest BCUT2D eigenvalue weighted by Crippen LogP contribution is -2.17. The van der Waals surface area contributed by atoms with Crippen molar-refractivity contribution in [2.45, 2.75) is 6.43 Å². The van der Waals surface area contributed by atoms with Gasteiger partial charge in [0.1, 0.15) is 0 Å². The zero-order chi connectivity index (χ0) is 11.6. The van der Waals surface area contributed by atoms with Gasteiger partial charge in [0.15, 0.2) is 0 Å². The Morgan fingerprint density at radius 3 is 2.60 bits per heavy atom. The summed E-state index contributed by atoms with van der Waals surface area (Å²) in [5.41, 5.74) is -1.98. The van der Waals surface area contributed by atoms with E-state index in [9.17, 15) is 18.4 Å². The van der Waals surface area contributed by atoms with Crippen LogP contribution in [0.1, 0.15) is 22.3 Å². The van der Waals surface area contributed by atoms with Crippen LogP contribution in [-0.4, -0.2) is 17.3 Å². The summed E-state index contributed by atoms with van der Waals surface area (Å²) < 4.78 is 29.4. The summed E-state index contributed by atoms with van der Waals surface area (Å²) in [4.78, 5) is 23.8. The first-order chi connectivity index (χ1) is 6.97. The van der Waals surface area contributed by atoms with Crippen molar-refractivity contribution in [3.63, 3.8) is 0 Å². The highest BCUT2D eigenvalue weighted by Gasteiger charge is 2.19. The summed E-state index contributed by atoms with van der Waals surface area (Å²) in [5.74, 6) is -0.378. The molecule has 1 N–H and O–H groups in total. The number of carbonyl (C=O) groups excluding carboxylic acids is 1. The molecule has 0 aromatic carbocycles.